The Kier molecular flexibility index (Phi) is 4.00. The van der Waals surface area contributed by atoms with Gasteiger partial charge in [-0.25, -0.2) is 4.98 Å². The Hall–Kier alpha value is -2.11. The fraction of sp³-hybridized carbons (Fsp3) is 0.125. The third-order valence-electron chi connectivity index (χ3n) is 3.24. The lowest BCUT2D eigenvalue weighted by atomic mass is 10.1. The van der Waals surface area contributed by atoms with Crippen molar-refractivity contribution in [1.29, 1.82) is 0 Å². The number of pyridine rings is 1. The molecule has 0 fully saturated rings. The molecule has 0 aliphatic heterocycles. The third-order valence-corrected chi connectivity index (χ3v) is 4.31. The highest BCUT2D eigenvalue weighted by atomic mass is 35.5. The standard InChI is InChI=1S/C16H13ClN2O2S/c1-10-4-5-19(16(21)6-10)8-15-18-13(9-22-15)12-7-11(17)2-3-14(12)20/h2-7,9,20H,8H2,1H3. The van der Waals surface area contributed by atoms with Crippen LogP contribution in [0.15, 0.2) is 46.7 Å². The van der Waals surface area contributed by atoms with Gasteiger partial charge in [0.05, 0.1) is 12.2 Å². The van der Waals surface area contributed by atoms with E-state index in [1.165, 1.54) is 11.3 Å². The summed E-state index contributed by atoms with van der Waals surface area (Å²) in [6.45, 7) is 2.29. The van der Waals surface area contributed by atoms with Crippen molar-refractivity contribution < 1.29 is 5.11 Å². The number of thiazole rings is 1. The topological polar surface area (TPSA) is 55.1 Å². The highest BCUT2D eigenvalue weighted by Crippen LogP contribution is 2.32. The molecular weight excluding hydrogens is 320 g/mol. The highest BCUT2D eigenvalue weighted by molar-refractivity contribution is 7.09. The number of phenols is 1. The maximum absolute atomic E-state index is 11.9. The maximum Gasteiger partial charge on any atom is 0.251 e. The Morgan fingerprint density at radius 2 is 2.14 bits per heavy atom. The van der Waals surface area contributed by atoms with Crippen LogP contribution in [0.1, 0.15) is 10.6 Å². The zero-order valence-corrected chi connectivity index (χ0v) is 13.4. The second-order valence-corrected chi connectivity index (χ2v) is 6.34. The van der Waals surface area contributed by atoms with Gasteiger partial charge >= 0.3 is 0 Å². The van der Waals surface area contributed by atoms with Crippen molar-refractivity contribution >= 4 is 22.9 Å². The van der Waals surface area contributed by atoms with Crippen LogP contribution in [0.25, 0.3) is 11.3 Å². The van der Waals surface area contributed by atoms with Gasteiger partial charge in [0.1, 0.15) is 10.8 Å². The van der Waals surface area contributed by atoms with Crippen molar-refractivity contribution in [3.63, 3.8) is 0 Å². The second-order valence-electron chi connectivity index (χ2n) is 4.96. The van der Waals surface area contributed by atoms with Crippen LogP contribution < -0.4 is 5.56 Å². The van der Waals surface area contributed by atoms with Crippen molar-refractivity contribution in [3.05, 3.63) is 67.9 Å². The van der Waals surface area contributed by atoms with E-state index in [9.17, 15) is 9.90 Å². The van der Waals surface area contributed by atoms with Crippen molar-refractivity contribution in [2.75, 3.05) is 0 Å². The molecule has 0 saturated heterocycles. The number of benzene rings is 1. The normalized spacial score (nSPS) is 10.8. The minimum Gasteiger partial charge on any atom is -0.507 e. The summed E-state index contributed by atoms with van der Waals surface area (Å²) in [5.74, 6) is 0.133. The number of hydrogen-bond donors (Lipinski definition) is 1. The van der Waals surface area contributed by atoms with Gasteiger partial charge in [-0.1, -0.05) is 11.6 Å². The van der Waals surface area contributed by atoms with E-state index < -0.39 is 0 Å². The van der Waals surface area contributed by atoms with Crippen LogP contribution in [-0.2, 0) is 6.54 Å². The van der Waals surface area contributed by atoms with E-state index in [2.05, 4.69) is 4.98 Å². The molecule has 1 aromatic carbocycles. The number of halogens is 1. The Morgan fingerprint density at radius 1 is 1.32 bits per heavy atom. The summed E-state index contributed by atoms with van der Waals surface area (Å²) in [5, 5.41) is 13.1. The molecule has 4 nitrogen and oxygen atoms in total. The second kappa shape index (κ2) is 5.94. The van der Waals surface area contributed by atoms with Crippen molar-refractivity contribution in [2.45, 2.75) is 13.5 Å². The summed E-state index contributed by atoms with van der Waals surface area (Å²) in [6, 6.07) is 8.32. The van der Waals surface area contributed by atoms with E-state index in [0.29, 0.717) is 22.8 Å². The third kappa shape index (κ3) is 3.05. The Bertz CT molecular complexity index is 886. The molecule has 0 atom stereocenters. The molecule has 1 N–H and O–H groups in total. The fourth-order valence-electron chi connectivity index (χ4n) is 2.10. The Morgan fingerprint density at radius 3 is 2.91 bits per heavy atom. The zero-order chi connectivity index (χ0) is 15.7. The minimum atomic E-state index is -0.0534. The summed E-state index contributed by atoms with van der Waals surface area (Å²) >= 11 is 7.40. The lowest BCUT2D eigenvalue weighted by Gasteiger charge is -2.03. The van der Waals surface area contributed by atoms with Gasteiger partial charge < -0.3 is 9.67 Å². The summed E-state index contributed by atoms with van der Waals surface area (Å²) in [7, 11) is 0. The summed E-state index contributed by atoms with van der Waals surface area (Å²) in [6.07, 6.45) is 1.76. The summed E-state index contributed by atoms with van der Waals surface area (Å²) in [5.41, 5.74) is 2.12. The summed E-state index contributed by atoms with van der Waals surface area (Å²) in [4.78, 5) is 16.4. The van der Waals surface area contributed by atoms with Crippen molar-refractivity contribution in [3.8, 4) is 17.0 Å². The molecule has 0 spiro atoms. The van der Waals surface area contributed by atoms with Gasteiger partial charge in [-0.3, -0.25) is 4.79 Å². The zero-order valence-electron chi connectivity index (χ0n) is 11.8. The lowest BCUT2D eigenvalue weighted by Crippen LogP contribution is -2.19. The fourth-order valence-corrected chi connectivity index (χ4v) is 3.07. The van der Waals surface area contributed by atoms with Crippen molar-refractivity contribution in [2.24, 2.45) is 0 Å². The van der Waals surface area contributed by atoms with Gasteiger partial charge in [0.2, 0.25) is 0 Å². The van der Waals surface area contributed by atoms with E-state index in [1.807, 2.05) is 18.4 Å². The molecular formula is C16H13ClN2O2S. The average molecular weight is 333 g/mol. The van der Waals surface area contributed by atoms with Crippen LogP contribution in [-0.4, -0.2) is 14.7 Å². The van der Waals surface area contributed by atoms with Crippen LogP contribution in [0.2, 0.25) is 5.02 Å². The van der Waals surface area contributed by atoms with Crippen LogP contribution in [0.4, 0.5) is 0 Å². The van der Waals surface area contributed by atoms with Crippen LogP contribution in [0.5, 0.6) is 5.75 Å². The first-order valence-corrected chi connectivity index (χ1v) is 7.89. The van der Waals surface area contributed by atoms with Gasteiger partial charge in [-0.05, 0) is 36.8 Å². The predicted octanol–water partition coefficient (Wildman–Crippen LogP) is 3.69. The quantitative estimate of drug-likeness (QED) is 0.796. The lowest BCUT2D eigenvalue weighted by molar-refractivity contribution is 0.477. The molecule has 112 valence electrons. The number of rotatable bonds is 3. The van der Waals surface area contributed by atoms with Gasteiger partial charge in [0.25, 0.3) is 5.56 Å². The van der Waals surface area contributed by atoms with Gasteiger partial charge in [-0.2, -0.15) is 0 Å². The number of phenolic OH excluding ortho intramolecular Hbond substituents is 1. The van der Waals surface area contributed by atoms with Gasteiger partial charge in [-0.15, -0.1) is 11.3 Å². The molecule has 0 amide bonds. The van der Waals surface area contributed by atoms with E-state index in [-0.39, 0.29) is 11.3 Å². The molecule has 0 saturated carbocycles. The SMILES string of the molecule is Cc1ccn(Cc2nc(-c3cc(Cl)ccc3O)cs2)c(=O)c1. The highest BCUT2D eigenvalue weighted by Gasteiger charge is 2.10. The number of aryl methyl sites for hydroxylation is 1. The van der Waals surface area contributed by atoms with E-state index in [4.69, 9.17) is 11.6 Å². The Labute approximate surface area is 136 Å². The molecule has 0 bridgehead atoms. The molecule has 2 heterocycles. The average Bonchev–Trinajstić information content (AvgIpc) is 2.93. The molecule has 0 unspecified atom stereocenters. The van der Waals surface area contributed by atoms with Gasteiger partial charge in [0.15, 0.2) is 0 Å². The first-order chi connectivity index (χ1) is 10.5. The van der Waals surface area contributed by atoms with E-state index in [0.717, 1.165) is 10.6 Å². The predicted molar refractivity (Wildman–Crippen MR) is 88.8 cm³/mol. The number of hydrogen-bond acceptors (Lipinski definition) is 4. The van der Waals surface area contributed by atoms with Crippen LogP contribution >= 0.6 is 22.9 Å². The van der Waals surface area contributed by atoms with Crippen LogP contribution in [0.3, 0.4) is 0 Å². The molecule has 2 aromatic heterocycles. The monoisotopic (exact) mass is 332 g/mol. The number of aromatic hydroxyl groups is 1. The maximum atomic E-state index is 11.9. The summed E-state index contributed by atoms with van der Waals surface area (Å²) < 4.78 is 1.60. The molecule has 0 aliphatic carbocycles. The molecule has 0 radical (unpaired) electrons. The molecule has 6 heteroatoms. The minimum absolute atomic E-state index is 0.0534. The number of aromatic nitrogens is 2. The first-order valence-electron chi connectivity index (χ1n) is 6.63. The molecule has 3 aromatic rings. The van der Waals surface area contributed by atoms with Gasteiger partial charge in [0, 0.05) is 28.2 Å². The smallest absolute Gasteiger partial charge is 0.251 e. The molecule has 3 rings (SSSR count). The van der Waals surface area contributed by atoms with Crippen molar-refractivity contribution in [1.82, 2.24) is 9.55 Å². The Balaban J connectivity index is 1.91. The number of nitrogens with zero attached hydrogens (tertiary/aromatic N) is 2. The van der Waals surface area contributed by atoms with E-state index >= 15 is 0 Å². The van der Waals surface area contributed by atoms with E-state index in [1.54, 1.807) is 35.0 Å². The van der Waals surface area contributed by atoms with Crippen LogP contribution in [0, 0.1) is 6.92 Å². The first kappa shape index (κ1) is 14.8. The molecule has 22 heavy (non-hydrogen) atoms. The molecule has 0 aliphatic rings. The largest absolute Gasteiger partial charge is 0.507 e.